The van der Waals surface area contributed by atoms with E-state index in [1.807, 2.05) is 12.1 Å². The normalized spacial score (nSPS) is 12.5. The molecule has 0 bridgehead atoms. The minimum absolute atomic E-state index is 0.272. The zero-order valence-electron chi connectivity index (χ0n) is 13.8. The number of hydrogen-bond acceptors (Lipinski definition) is 2. The van der Waals surface area contributed by atoms with Crippen molar-refractivity contribution >= 4 is 12.0 Å². The summed E-state index contributed by atoms with van der Waals surface area (Å²) in [6.45, 7) is 13.2. The predicted molar refractivity (Wildman–Crippen MR) is 88.1 cm³/mol. The second-order valence-electron chi connectivity index (χ2n) is 6.97. The topological polar surface area (TPSA) is 40.5 Å². The van der Waals surface area contributed by atoms with Gasteiger partial charge in [0.15, 0.2) is 0 Å². The van der Waals surface area contributed by atoms with Crippen LogP contribution in [0, 0.1) is 5.41 Å². The minimum atomic E-state index is -0.921. The second-order valence-corrected chi connectivity index (χ2v) is 6.97. The molecule has 21 heavy (non-hydrogen) atoms. The Balaban J connectivity index is 2.74. The van der Waals surface area contributed by atoms with Crippen LogP contribution in [0.3, 0.4) is 0 Å². The molecule has 3 nitrogen and oxygen atoms in total. The van der Waals surface area contributed by atoms with Crippen molar-refractivity contribution in [3.05, 3.63) is 41.5 Å². The fraction of sp³-hybridized carbons (Fsp3) is 0.500. The molecule has 3 heteroatoms. The standard InChI is InChI=1S/C18H27NO2/c1-14(2)19(13-18(3,4)5)12-16-8-6-15(7-9-16)10-11-17(20)21/h6-11,14H,12-13H2,1-5H3,(H,20,21)/b11-10+. The average molecular weight is 289 g/mol. The smallest absolute Gasteiger partial charge is 0.328 e. The summed E-state index contributed by atoms with van der Waals surface area (Å²) in [4.78, 5) is 13.0. The number of aliphatic carboxylic acids is 1. The van der Waals surface area contributed by atoms with Gasteiger partial charge in [0.05, 0.1) is 0 Å². The number of nitrogens with zero attached hydrogens (tertiary/aromatic N) is 1. The maximum Gasteiger partial charge on any atom is 0.328 e. The summed E-state index contributed by atoms with van der Waals surface area (Å²) in [5.41, 5.74) is 2.43. The van der Waals surface area contributed by atoms with E-state index in [0.29, 0.717) is 6.04 Å². The number of benzene rings is 1. The van der Waals surface area contributed by atoms with Crippen molar-refractivity contribution in [1.29, 1.82) is 0 Å². The molecule has 0 unspecified atom stereocenters. The van der Waals surface area contributed by atoms with Crippen molar-refractivity contribution in [2.45, 2.75) is 47.2 Å². The first-order valence-electron chi connectivity index (χ1n) is 7.41. The summed E-state index contributed by atoms with van der Waals surface area (Å²) in [7, 11) is 0. The molecule has 1 N–H and O–H groups in total. The Morgan fingerprint density at radius 1 is 1.24 bits per heavy atom. The molecular formula is C18H27NO2. The van der Waals surface area contributed by atoms with Crippen molar-refractivity contribution < 1.29 is 9.90 Å². The van der Waals surface area contributed by atoms with Gasteiger partial charge in [-0.15, -0.1) is 0 Å². The van der Waals surface area contributed by atoms with Gasteiger partial charge in [-0.3, -0.25) is 4.90 Å². The molecule has 0 heterocycles. The average Bonchev–Trinajstić information content (AvgIpc) is 2.35. The Hall–Kier alpha value is -1.61. The molecule has 0 atom stereocenters. The van der Waals surface area contributed by atoms with E-state index in [1.54, 1.807) is 6.08 Å². The van der Waals surface area contributed by atoms with Gasteiger partial charge in [-0.05, 0) is 36.5 Å². The molecule has 0 aliphatic rings. The highest BCUT2D eigenvalue weighted by atomic mass is 16.4. The third kappa shape index (κ3) is 7.09. The third-order valence-electron chi connectivity index (χ3n) is 3.19. The second kappa shape index (κ2) is 7.41. The van der Waals surface area contributed by atoms with Gasteiger partial charge in [-0.2, -0.15) is 0 Å². The van der Waals surface area contributed by atoms with Crippen LogP contribution in [-0.4, -0.2) is 28.6 Å². The van der Waals surface area contributed by atoms with E-state index in [-0.39, 0.29) is 5.41 Å². The van der Waals surface area contributed by atoms with E-state index in [9.17, 15) is 4.79 Å². The molecule has 0 spiro atoms. The summed E-state index contributed by atoms with van der Waals surface area (Å²) in [6.07, 6.45) is 2.77. The SMILES string of the molecule is CC(C)N(Cc1ccc(/C=C/C(=O)O)cc1)CC(C)(C)C. The van der Waals surface area contributed by atoms with E-state index in [1.165, 1.54) is 5.56 Å². The van der Waals surface area contributed by atoms with Crippen molar-refractivity contribution in [1.82, 2.24) is 4.90 Å². The summed E-state index contributed by atoms with van der Waals surface area (Å²) in [5, 5.41) is 8.62. The van der Waals surface area contributed by atoms with Crippen LogP contribution in [0.15, 0.2) is 30.3 Å². The lowest BCUT2D eigenvalue weighted by atomic mass is 9.95. The Labute approximate surface area is 128 Å². The summed E-state index contributed by atoms with van der Waals surface area (Å²) < 4.78 is 0. The summed E-state index contributed by atoms with van der Waals surface area (Å²) in [6, 6.07) is 8.56. The zero-order valence-corrected chi connectivity index (χ0v) is 13.8. The van der Waals surface area contributed by atoms with Crippen LogP contribution in [-0.2, 0) is 11.3 Å². The Kier molecular flexibility index (Phi) is 6.16. The number of rotatable bonds is 6. The van der Waals surface area contributed by atoms with Gasteiger partial charge >= 0.3 is 5.97 Å². The fourth-order valence-corrected chi connectivity index (χ4v) is 2.17. The number of hydrogen-bond donors (Lipinski definition) is 1. The van der Waals surface area contributed by atoms with Crippen LogP contribution >= 0.6 is 0 Å². The Morgan fingerprint density at radius 3 is 2.24 bits per heavy atom. The van der Waals surface area contributed by atoms with Gasteiger partial charge in [-0.1, -0.05) is 45.0 Å². The molecule has 1 aromatic carbocycles. The molecule has 0 radical (unpaired) electrons. The quantitative estimate of drug-likeness (QED) is 0.803. The zero-order chi connectivity index (χ0) is 16.0. The van der Waals surface area contributed by atoms with Gasteiger partial charge < -0.3 is 5.11 Å². The molecule has 116 valence electrons. The maximum atomic E-state index is 10.5. The number of carbonyl (C=O) groups is 1. The summed E-state index contributed by atoms with van der Waals surface area (Å²) >= 11 is 0. The highest BCUT2D eigenvalue weighted by Gasteiger charge is 2.18. The molecule has 1 rings (SSSR count). The van der Waals surface area contributed by atoms with Crippen LogP contribution < -0.4 is 0 Å². The number of carboxylic acids is 1. The van der Waals surface area contributed by atoms with Crippen molar-refractivity contribution in [2.75, 3.05) is 6.54 Å². The number of carboxylic acid groups (broad SMARTS) is 1. The molecule has 0 saturated carbocycles. The highest BCUT2D eigenvalue weighted by molar-refractivity contribution is 5.85. The van der Waals surface area contributed by atoms with E-state index >= 15 is 0 Å². The van der Waals surface area contributed by atoms with Gasteiger partial charge in [0.1, 0.15) is 0 Å². The lowest BCUT2D eigenvalue weighted by Crippen LogP contribution is -2.37. The largest absolute Gasteiger partial charge is 0.478 e. The molecule has 0 aromatic heterocycles. The van der Waals surface area contributed by atoms with E-state index in [2.05, 4.69) is 51.7 Å². The van der Waals surface area contributed by atoms with Gasteiger partial charge in [0.2, 0.25) is 0 Å². The molecule has 0 aliphatic carbocycles. The van der Waals surface area contributed by atoms with Crippen molar-refractivity contribution in [2.24, 2.45) is 5.41 Å². The van der Waals surface area contributed by atoms with E-state index in [4.69, 9.17) is 5.11 Å². The predicted octanol–water partition coefficient (Wildman–Crippen LogP) is 4.04. The van der Waals surface area contributed by atoms with Crippen molar-refractivity contribution in [3.63, 3.8) is 0 Å². The molecule has 0 amide bonds. The van der Waals surface area contributed by atoms with Crippen molar-refractivity contribution in [3.8, 4) is 0 Å². The Morgan fingerprint density at radius 2 is 1.81 bits per heavy atom. The monoisotopic (exact) mass is 289 g/mol. The van der Waals surface area contributed by atoms with Gasteiger partial charge in [-0.25, -0.2) is 4.79 Å². The van der Waals surface area contributed by atoms with Crippen LogP contribution in [0.25, 0.3) is 6.08 Å². The highest BCUT2D eigenvalue weighted by Crippen LogP contribution is 2.19. The maximum absolute atomic E-state index is 10.5. The van der Waals surface area contributed by atoms with Crippen LogP contribution in [0.2, 0.25) is 0 Å². The van der Waals surface area contributed by atoms with Crippen LogP contribution in [0.5, 0.6) is 0 Å². The van der Waals surface area contributed by atoms with Gasteiger partial charge in [0.25, 0.3) is 0 Å². The fourth-order valence-electron chi connectivity index (χ4n) is 2.17. The molecular weight excluding hydrogens is 262 g/mol. The van der Waals surface area contributed by atoms with Gasteiger partial charge in [0, 0.05) is 25.2 Å². The lowest BCUT2D eigenvalue weighted by Gasteiger charge is -2.33. The van der Waals surface area contributed by atoms with E-state index in [0.717, 1.165) is 24.7 Å². The molecule has 0 aliphatic heterocycles. The molecule has 0 saturated heterocycles. The summed E-state index contributed by atoms with van der Waals surface area (Å²) in [5.74, 6) is -0.921. The van der Waals surface area contributed by atoms with Crippen LogP contribution in [0.4, 0.5) is 0 Å². The van der Waals surface area contributed by atoms with Crippen LogP contribution in [0.1, 0.15) is 45.7 Å². The lowest BCUT2D eigenvalue weighted by molar-refractivity contribution is -0.131. The molecule has 1 aromatic rings. The minimum Gasteiger partial charge on any atom is -0.478 e. The van der Waals surface area contributed by atoms with E-state index < -0.39 is 5.97 Å². The third-order valence-corrected chi connectivity index (χ3v) is 3.19. The first kappa shape index (κ1) is 17.4. The first-order chi connectivity index (χ1) is 9.67. The molecule has 0 fully saturated rings. The Bertz CT molecular complexity index is 481. The first-order valence-corrected chi connectivity index (χ1v) is 7.41.